The second kappa shape index (κ2) is 6.88. The van der Waals surface area contributed by atoms with Gasteiger partial charge in [-0.15, -0.1) is 0 Å². The number of furan rings is 1. The molecule has 1 heterocycles. The highest BCUT2D eigenvalue weighted by molar-refractivity contribution is 5.88. The molecule has 1 atom stereocenters. The van der Waals surface area contributed by atoms with E-state index < -0.39 is 12.1 Å². The fraction of sp³-hybridized carbons (Fsp3) is 0.267. The fourth-order valence-corrected chi connectivity index (χ4v) is 1.82. The Morgan fingerprint density at radius 1 is 1.40 bits per heavy atom. The molecule has 1 aromatic heterocycles. The van der Waals surface area contributed by atoms with Crippen molar-refractivity contribution in [3.05, 3.63) is 59.5 Å². The molecule has 0 fully saturated rings. The summed E-state index contributed by atoms with van der Waals surface area (Å²) in [7, 11) is 1.32. The number of benzene rings is 1. The van der Waals surface area contributed by atoms with Crippen LogP contribution in [0.5, 0.6) is 0 Å². The predicted molar refractivity (Wildman–Crippen MR) is 73.2 cm³/mol. The van der Waals surface area contributed by atoms with Crippen LogP contribution in [0, 0.1) is 0 Å². The van der Waals surface area contributed by atoms with E-state index in [2.05, 4.69) is 10.1 Å². The highest BCUT2D eigenvalue weighted by atomic mass is 16.5. The number of ether oxygens (including phenoxy) is 1. The summed E-state index contributed by atoms with van der Waals surface area (Å²) in [5.74, 6) is 0.190. The van der Waals surface area contributed by atoms with Crippen LogP contribution in [0.15, 0.2) is 47.1 Å². The highest BCUT2D eigenvalue weighted by Crippen LogP contribution is 2.12. The maximum atomic E-state index is 11.3. The molecule has 2 N–H and O–H groups in total. The van der Waals surface area contributed by atoms with Crippen LogP contribution in [0.25, 0.3) is 0 Å². The third kappa shape index (κ3) is 3.69. The summed E-state index contributed by atoms with van der Waals surface area (Å²) >= 11 is 0. The minimum Gasteiger partial charge on any atom is -0.467 e. The summed E-state index contributed by atoms with van der Waals surface area (Å²) in [6, 6.07) is 11.0. The van der Waals surface area contributed by atoms with E-state index in [1.807, 2.05) is 30.3 Å². The Morgan fingerprint density at radius 3 is 2.85 bits per heavy atom. The molecule has 0 saturated carbocycles. The van der Waals surface area contributed by atoms with Crippen LogP contribution in [0.2, 0.25) is 0 Å². The molecule has 0 bridgehead atoms. The molecule has 0 amide bonds. The zero-order valence-electron chi connectivity index (χ0n) is 11.2. The van der Waals surface area contributed by atoms with Crippen LogP contribution < -0.4 is 5.32 Å². The minimum absolute atomic E-state index is 0.382. The normalized spacial score (nSPS) is 12.1. The number of hydrogen-bond acceptors (Lipinski definition) is 5. The molecule has 20 heavy (non-hydrogen) atoms. The molecule has 5 heteroatoms. The van der Waals surface area contributed by atoms with E-state index >= 15 is 0 Å². The van der Waals surface area contributed by atoms with Gasteiger partial charge in [0.2, 0.25) is 0 Å². The number of carbonyl (C=O) groups excluding carboxylic acids is 1. The molecule has 2 rings (SSSR count). The van der Waals surface area contributed by atoms with Gasteiger partial charge in [0, 0.05) is 6.54 Å². The van der Waals surface area contributed by atoms with Gasteiger partial charge in [0.1, 0.15) is 12.0 Å². The second-order valence-corrected chi connectivity index (χ2v) is 4.35. The largest absolute Gasteiger partial charge is 0.467 e. The van der Waals surface area contributed by atoms with Crippen LogP contribution >= 0.6 is 0 Å². The molecule has 1 aromatic carbocycles. The van der Waals surface area contributed by atoms with E-state index in [4.69, 9.17) is 4.42 Å². The number of nitrogens with one attached hydrogen (secondary N) is 1. The first kappa shape index (κ1) is 14.3. The van der Waals surface area contributed by atoms with Crippen LogP contribution in [0.3, 0.4) is 0 Å². The quantitative estimate of drug-likeness (QED) is 0.788. The van der Waals surface area contributed by atoms with Crippen LogP contribution in [0.4, 0.5) is 0 Å². The number of methoxy groups -OCH3 is 1. The highest BCUT2D eigenvalue weighted by Gasteiger charge is 2.11. The molecule has 0 spiro atoms. The van der Waals surface area contributed by atoms with Crippen molar-refractivity contribution in [3.8, 4) is 0 Å². The van der Waals surface area contributed by atoms with Gasteiger partial charge in [-0.1, -0.05) is 30.3 Å². The van der Waals surface area contributed by atoms with Gasteiger partial charge in [-0.05, 0) is 11.6 Å². The third-order valence-electron chi connectivity index (χ3n) is 2.90. The van der Waals surface area contributed by atoms with E-state index in [-0.39, 0.29) is 0 Å². The molecular weight excluding hydrogens is 258 g/mol. The summed E-state index contributed by atoms with van der Waals surface area (Å²) in [4.78, 5) is 11.3. The van der Waals surface area contributed by atoms with Crippen molar-refractivity contribution in [2.45, 2.75) is 12.6 Å². The van der Waals surface area contributed by atoms with Crippen LogP contribution in [-0.4, -0.2) is 24.7 Å². The van der Waals surface area contributed by atoms with Gasteiger partial charge in [0.05, 0.1) is 25.3 Å². The van der Waals surface area contributed by atoms with Crippen LogP contribution in [0.1, 0.15) is 27.8 Å². The summed E-state index contributed by atoms with van der Waals surface area (Å²) < 4.78 is 9.82. The number of esters is 1. The standard InChI is InChI=1S/C15H17NO4/c1-19-15(18)12-7-13(20-10-12)8-16-9-14(17)11-5-3-2-4-6-11/h2-7,10,14,16-17H,8-9H2,1H3. The molecule has 2 aromatic rings. The topological polar surface area (TPSA) is 71.7 Å². The van der Waals surface area contributed by atoms with Gasteiger partial charge in [0.15, 0.2) is 0 Å². The van der Waals surface area contributed by atoms with Crippen molar-refractivity contribution in [2.75, 3.05) is 13.7 Å². The first-order chi connectivity index (χ1) is 9.70. The monoisotopic (exact) mass is 275 g/mol. The first-order valence-corrected chi connectivity index (χ1v) is 6.30. The lowest BCUT2D eigenvalue weighted by Crippen LogP contribution is -2.20. The van der Waals surface area contributed by atoms with Gasteiger partial charge in [-0.2, -0.15) is 0 Å². The molecule has 0 radical (unpaired) electrons. The second-order valence-electron chi connectivity index (χ2n) is 4.35. The summed E-state index contributed by atoms with van der Waals surface area (Å²) in [6.07, 6.45) is 0.780. The number of carbonyl (C=O) groups is 1. The molecule has 1 unspecified atom stereocenters. The summed E-state index contributed by atoms with van der Waals surface area (Å²) in [6.45, 7) is 0.832. The van der Waals surface area contributed by atoms with Crippen molar-refractivity contribution < 1.29 is 19.1 Å². The smallest absolute Gasteiger partial charge is 0.341 e. The van der Waals surface area contributed by atoms with E-state index in [0.29, 0.717) is 24.4 Å². The van der Waals surface area contributed by atoms with E-state index in [1.54, 1.807) is 6.07 Å². The molecule has 0 saturated heterocycles. The molecule has 0 aliphatic rings. The average Bonchev–Trinajstić information content (AvgIpc) is 2.96. The Labute approximate surface area is 117 Å². The fourth-order valence-electron chi connectivity index (χ4n) is 1.82. The number of aliphatic hydroxyl groups is 1. The number of aliphatic hydroxyl groups excluding tert-OH is 1. The van der Waals surface area contributed by atoms with Crippen molar-refractivity contribution in [1.29, 1.82) is 0 Å². The van der Waals surface area contributed by atoms with Crippen LogP contribution in [-0.2, 0) is 11.3 Å². The Kier molecular flexibility index (Phi) is 4.92. The Hall–Kier alpha value is -2.11. The van der Waals surface area contributed by atoms with Crippen molar-refractivity contribution in [2.24, 2.45) is 0 Å². The third-order valence-corrected chi connectivity index (χ3v) is 2.90. The lowest BCUT2D eigenvalue weighted by Gasteiger charge is -2.11. The maximum Gasteiger partial charge on any atom is 0.341 e. The van der Waals surface area contributed by atoms with E-state index in [1.165, 1.54) is 13.4 Å². The van der Waals surface area contributed by atoms with E-state index in [9.17, 15) is 9.90 Å². The van der Waals surface area contributed by atoms with Gasteiger partial charge in [0.25, 0.3) is 0 Å². The summed E-state index contributed by atoms with van der Waals surface area (Å²) in [5, 5.41) is 13.0. The molecular formula is C15H17NO4. The molecule has 0 aliphatic heterocycles. The first-order valence-electron chi connectivity index (χ1n) is 6.30. The summed E-state index contributed by atoms with van der Waals surface area (Å²) in [5.41, 5.74) is 1.24. The molecule has 106 valence electrons. The SMILES string of the molecule is COC(=O)c1coc(CNCC(O)c2ccccc2)c1. The predicted octanol–water partition coefficient (Wildman–Crippen LogP) is 1.89. The Bertz CT molecular complexity index is 550. The zero-order chi connectivity index (χ0) is 14.4. The van der Waals surface area contributed by atoms with Crippen molar-refractivity contribution in [1.82, 2.24) is 5.32 Å². The molecule has 5 nitrogen and oxygen atoms in total. The van der Waals surface area contributed by atoms with Crippen molar-refractivity contribution in [3.63, 3.8) is 0 Å². The number of hydrogen-bond donors (Lipinski definition) is 2. The lowest BCUT2D eigenvalue weighted by molar-refractivity contribution is 0.0600. The Balaban J connectivity index is 1.81. The molecule has 0 aliphatic carbocycles. The zero-order valence-corrected chi connectivity index (χ0v) is 11.2. The van der Waals surface area contributed by atoms with Gasteiger partial charge in [-0.3, -0.25) is 0 Å². The van der Waals surface area contributed by atoms with E-state index in [0.717, 1.165) is 5.56 Å². The lowest BCUT2D eigenvalue weighted by atomic mass is 10.1. The average molecular weight is 275 g/mol. The Morgan fingerprint density at radius 2 is 2.15 bits per heavy atom. The van der Waals surface area contributed by atoms with Gasteiger partial charge >= 0.3 is 5.97 Å². The maximum absolute atomic E-state index is 11.3. The number of rotatable bonds is 6. The van der Waals surface area contributed by atoms with Gasteiger partial charge < -0.3 is 19.6 Å². The van der Waals surface area contributed by atoms with Crippen molar-refractivity contribution >= 4 is 5.97 Å². The van der Waals surface area contributed by atoms with Gasteiger partial charge in [-0.25, -0.2) is 4.79 Å². The minimum atomic E-state index is -0.578.